The molecule has 0 fully saturated rings. The van der Waals surface area contributed by atoms with E-state index < -0.39 is 0 Å². The van der Waals surface area contributed by atoms with Gasteiger partial charge in [-0.05, 0) is 18.2 Å². The molecule has 2 aromatic rings. The molecule has 0 radical (unpaired) electrons. The Morgan fingerprint density at radius 3 is 2.60 bits per heavy atom. The summed E-state index contributed by atoms with van der Waals surface area (Å²) in [6, 6.07) is 15.1. The molecule has 2 rings (SSSR count). The number of hydrogen-bond donors (Lipinski definition) is 0. The molecule has 104 valence electrons. The van der Waals surface area contributed by atoms with Crippen LogP contribution in [0.25, 0.3) is 0 Å². The van der Waals surface area contributed by atoms with Crippen LogP contribution in [-0.2, 0) is 11.2 Å². The Kier molecular flexibility index (Phi) is 5.50. The van der Waals surface area contributed by atoms with E-state index in [1.165, 1.54) is 11.8 Å². The number of carbonyl (C=O) groups excluding carboxylic acids is 1. The third-order valence-corrected chi connectivity index (χ3v) is 4.38. The predicted molar refractivity (Wildman–Crippen MR) is 83.9 cm³/mol. The number of thioether (sulfide) groups is 1. The first-order valence-corrected chi connectivity index (χ1v) is 7.58. The normalized spacial score (nSPS) is 10.3. The van der Waals surface area contributed by atoms with Gasteiger partial charge in [0, 0.05) is 16.9 Å². The number of para-hydroxylation sites is 1. The zero-order valence-corrected chi connectivity index (χ0v) is 12.7. The summed E-state index contributed by atoms with van der Waals surface area (Å²) >= 11 is 7.53. The third-order valence-electron chi connectivity index (χ3n) is 2.81. The number of methoxy groups -OCH3 is 1. The molecule has 0 saturated heterocycles. The molecule has 0 bridgehead atoms. The lowest BCUT2D eigenvalue weighted by molar-refractivity contribution is -0.116. The minimum atomic E-state index is 0.152. The molecular weight excluding hydrogens is 292 g/mol. The summed E-state index contributed by atoms with van der Waals surface area (Å²) in [6.45, 7) is 0. The van der Waals surface area contributed by atoms with Crippen molar-refractivity contribution in [2.24, 2.45) is 0 Å². The van der Waals surface area contributed by atoms with Crippen LogP contribution in [-0.4, -0.2) is 18.6 Å². The van der Waals surface area contributed by atoms with Crippen LogP contribution in [0.4, 0.5) is 0 Å². The van der Waals surface area contributed by atoms with Gasteiger partial charge in [-0.3, -0.25) is 4.79 Å². The molecule has 0 N–H and O–H groups in total. The zero-order chi connectivity index (χ0) is 14.4. The van der Waals surface area contributed by atoms with Crippen LogP contribution < -0.4 is 4.74 Å². The van der Waals surface area contributed by atoms with Gasteiger partial charge >= 0.3 is 0 Å². The Hall–Kier alpha value is -1.45. The van der Waals surface area contributed by atoms with E-state index in [0.29, 0.717) is 17.2 Å². The number of rotatable bonds is 6. The minimum Gasteiger partial charge on any atom is -0.496 e. The summed E-state index contributed by atoms with van der Waals surface area (Å²) in [5.74, 6) is 1.31. The van der Waals surface area contributed by atoms with E-state index in [-0.39, 0.29) is 5.78 Å². The Labute approximate surface area is 128 Å². The largest absolute Gasteiger partial charge is 0.496 e. The smallest absolute Gasteiger partial charge is 0.147 e. The Balaban J connectivity index is 1.95. The minimum absolute atomic E-state index is 0.152. The highest BCUT2D eigenvalue weighted by atomic mass is 35.5. The van der Waals surface area contributed by atoms with Gasteiger partial charge < -0.3 is 4.74 Å². The lowest BCUT2D eigenvalue weighted by atomic mass is 10.1. The fourth-order valence-corrected chi connectivity index (χ4v) is 2.93. The summed E-state index contributed by atoms with van der Waals surface area (Å²) < 4.78 is 5.25. The number of benzene rings is 2. The van der Waals surface area contributed by atoms with Crippen molar-refractivity contribution >= 4 is 29.1 Å². The van der Waals surface area contributed by atoms with E-state index in [1.807, 2.05) is 48.5 Å². The average molecular weight is 307 g/mol. The number of ketones is 1. The second-order valence-electron chi connectivity index (χ2n) is 4.25. The van der Waals surface area contributed by atoms with E-state index in [1.54, 1.807) is 7.11 Å². The van der Waals surface area contributed by atoms with Crippen molar-refractivity contribution < 1.29 is 9.53 Å². The van der Waals surface area contributed by atoms with Gasteiger partial charge in [-0.2, -0.15) is 0 Å². The van der Waals surface area contributed by atoms with Crippen molar-refractivity contribution in [1.82, 2.24) is 0 Å². The van der Waals surface area contributed by atoms with E-state index in [9.17, 15) is 4.79 Å². The first kappa shape index (κ1) is 14.9. The molecular formula is C16H15ClO2S. The molecule has 0 atom stereocenters. The van der Waals surface area contributed by atoms with Crippen LogP contribution in [0.5, 0.6) is 5.75 Å². The maximum atomic E-state index is 12.0. The molecule has 0 aliphatic rings. The van der Waals surface area contributed by atoms with Gasteiger partial charge in [0.05, 0.1) is 17.9 Å². The van der Waals surface area contributed by atoms with Crippen molar-refractivity contribution in [2.75, 3.05) is 12.9 Å². The van der Waals surface area contributed by atoms with Crippen molar-refractivity contribution in [3.8, 4) is 5.75 Å². The lowest BCUT2D eigenvalue weighted by Gasteiger charge is -2.07. The van der Waals surface area contributed by atoms with Crippen molar-refractivity contribution in [1.29, 1.82) is 0 Å². The molecule has 0 spiro atoms. The second kappa shape index (κ2) is 7.36. The molecule has 4 heteroatoms. The van der Waals surface area contributed by atoms with E-state index in [0.717, 1.165) is 16.2 Å². The Morgan fingerprint density at radius 1 is 1.15 bits per heavy atom. The molecule has 2 aromatic carbocycles. The first-order chi connectivity index (χ1) is 9.70. The lowest BCUT2D eigenvalue weighted by Crippen LogP contribution is -2.06. The average Bonchev–Trinajstić information content (AvgIpc) is 2.47. The number of hydrogen-bond acceptors (Lipinski definition) is 3. The van der Waals surface area contributed by atoms with Crippen LogP contribution in [0.15, 0.2) is 53.4 Å². The molecule has 0 amide bonds. The number of halogens is 1. The topological polar surface area (TPSA) is 26.3 Å². The van der Waals surface area contributed by atoms with Crippen molar-refractivity contribution in [3.05, 3.63) is 59.1 Å². The van der Waals surface area contributed by atoms with Gasteiger partial charge in [-0.15, -0.1) is 11.8 Å². The van der Waals surface area contributed by atoms with Crippen LogP contribution in [0.3, 0.4) is 0 Å². The van der Waals surface area contributed by atoms with E-state index >= 15 is 0 Å². The molecule has 0 aliphatic heterocycles. The van der Waals surface area contributed by atoms with Gasteiger partial charge in [-0.25, -0.2) is 0 Å². The van der Waals surface area contributed by atoms with E-state index in [4.69, 9.17) is 16.3 Å². The summed E-state index contributed by atoms with van der Waals surface area (Å²) in [5, 5.41) is 0.683. The molecule has 0 heterocycles. The first-order valence-electron chi connectivity index (χ1n) is 6.21. The molecule has 0 unspecified atom stereocenters. The zero-order valence-electron chi connectivity index (χ0n) is 11.1. The van der Waals surface area contributed by atoms with Gasteiger partial charge in [0.15, 0.2) is 0 Å². The second-order valence-corrected chi connectivity index (χ2v) is 5.67. The highest BCUT2D eigenvalue weighted by Gasteiger charge is 2.09. The quantitative estimate of drug-likeness (QED) is 0.746. The van der Waals surface area contributed by atoms with Crippen LogP contribution in [0.1, 0.15) is 5.56 Å². The fourth-order valence-electron chi connectivity index (χ4n) is 1.83. The monoisotopic (exact) mass is 306 g/mol. The van der Waals surface area contributed by atoms with Gasteiger partial charge in [0.1, 0.15) is 11.5 Å². The number of carbonyl (C=O) groups is 1. The summed E-state index contributed by atoms with van der Waals surface area (Å²) in [5.41, 5.74) is 0.916. The maximum absolute atomic E-state index is 12.0. The molecule has 0 aliphatic carbocycles. The molecule has 2 nitrogen and oxygen atoms in total. The number of Topliss-reactive ketones (excluding diaryl/α,β-unsaturated/α-hetero) is 1. The van der Waals surface area contributed by atoms with Crippen LogP contribution in [0, 0.1) is 0 Å². The highest BCUT2D eigenvalue weighted by molar-refractivity contribution is 8.00. The third kappa shape index (κ3) is 4.02. The summed E-state index contributed by atoms with van der Waals surface area (Å²) in [6.07, 6.45) is 0.376. The fraction of sp³-hybridized carbons (Fsp3) is 0.188. The van der Waals surface area contributed by atoms with Crippen molar-refractivity contribution in [2.45, 2.75) is 11.3 Å². The Morgan fingerprint density at radius 2 is 1.85 bits per heavy atom. The van der Waals surface area contributed by atoms with Crippen LogP contribution >= 0.6 is 23.4 Å². The predicted octanol–water partition coefficient (Wildman–Crippen LogP) is 4.25. The van der Waals surface area contributed by atoms with Gasteiger partial charge in [0.2, 0.25) is 0 Å². The highest BCUT2D eigenvalue weighted by Crippen LogP contribution is 2.27. The number of ether oxygens (including phenoxy) is 1. The Bertz CT molecular complexity index is 599. The summed E-state index contributed by atoms with van der Waals surface area (Å²) in [7, 11) is 1.61. The van der Waals surface area contributed by atoms with Gasteiger partial charge in [-0.1, -0.05) is 41.9 Å². The molecule has 20 heavy (non-hydrogen) atoms. The van der Waals surface area contributed by atoms with Crippen LogP contribution in [0.2, 0.25) is 5.02 Å². The molecule has 0 aromatic heterocycles. The SMILES string of the molecule is COc1ccccc1CC(=O)CSc1ccccc1Cl. The summed E-state index contributed by atoms with van der Waals surface area (Å²) in [4.78, 5) is 13.0. The maximum Gasteiger partial charge on any atom is 0.147 e. The van der Waals surface area contributed by atoms with E-state index in [2.05, 4.69) is 0 Å². The standard InChI is InChI=1S/C16H15ClO2S/c1-19-15-8-4-2-6-12(15)10-13(18)11-20-16-9-5-3-7-14(16)17/h2-9H,10-11H2,1H3. The van der Waals surface area contributed by atoms with Gasteiger partial charge in [0.25, 0.3) is 0 Å². The molecule has 0 saturated carbocycles. The van der Waals surface area contributed by atoms with Crippen molar-refractivity contribution in [3.63, 3.8) is 0 Å².